The van der Waals surface area contributed by atoms with Crippen LogP contribution < -0.4 is 10.1 Å². The number of nitrogens with one attached hydrogen (secondary N) is 1. The Morgan fingerprint density at radius 1 is 1.27 bits per heavy atom. The van der Waals surface area contributed by atoms with E-state index in [1.165, 1.54) is 17.4 Å². The summed E-state index contributed by atoms with van der Waals surface area (Å²) in [7, 11) is 0. The van der Waals surface area contributed by atoms with Crippen LogP contribution in [0.1, 0.15) is 5.56 Å². The fourth-order valence-electron chi connectivity index (χ4n) is 1.99. The minimum atomic E-state index is -0.398. The number of anilines is 1. The van der Waals surface area contributed by atoms with E-state index in [1.807, 2.05) is 25.1 Å². The summed E-state index contributed by atoms with van der Waals surface area (Å²) < 4.78 is 19.7. The van der Waals surface area contributed by atoms with E-state index in [1.54, 1.807) is 18.2 Å². The number of para-hydroxylation sites is 2. The lowest BCUT2D eigenvalue weighted by molar-refractivity contribution is -0.118. The molecule has 22 heavy (non-hydrogen) atoms. The first-order valence-corrected chi connectivity index (χ1v) is 7.48. The Morgan fingerprint density at radius 3 is 2.86 bits per heavy atom. The minimum absolute atomic E-state index is 0.122. The highest BCUT2D eigenvalue weighted by atomic mass is 32.1. The molecule has 0 aliphatic carbocycles. The van der Waals surface area contributed by atoms with Crippen LogP contribution >= 0.6 is 11.3 Å². The summed E-state index contributed by atoms with van der Waals surface area (Å²) in [6.07, 6.45) is 0. The maximum Gasteiger partial charge on any atom is 0.264 e. The van der Waals surface area contributed by atoms with Crippen LogP contribution in [0.25, 0.3) is 10.2 Å². The van der Waals surface area contributed by atoms with Gasteiger partial charge in [-0.25, -0.2) is 9.37 Å². The molecule has 0 unspecified atom stereocenters. The van der Waals surface area contributed by atoms with Gasteiger partial charge in [0, 0.05) is 0 Å². The fourth-order valence-corrected chi connectivity index (χ4v) is 2.88. The van der Waals surface area contributed by atoms with E-state index in [2.05, 4.69) is 10.3 Å². The first kappa shape index (κ1) is 14.5. The molecule has 4 nitrogen and oxygen atoms in total. The molecule has 0 atom stereocenters. The Hall–Kier alpha value is -2.47. The number of hydrogen-bond acceptors (Lipinski definition) is 4. The Labute approximate surface area is 130 Å². The molecule has 0 spiro atoms. The predicted octanol–water partition coefficient (Wildman–Crippen LogP) is 3.76. The summed E-state index contributed by atoms with van der Waals surface area (Å²) in [4.78, 5) is 16.0. The molecule has 0 saturated heterocycles. The number of rotatable bonds is 4. The van der Waals surface area contributed by atoms with Crippen LogP contribution in [-0.4, -0.2) is 17.5 Å². The van der Waals surface area contributed by atoms with Gasteiger partial charge < -0.3 is 4.74 Å². The third kappa shape index (κ3) is 3.07. The van der Waals surface area contributed by atoms with Crippen molar-refractivity contribution in [1.82, 2.24) is 4.98 Å². The number of halogens is 1. The Balaban J connectivity index is 1.66. The molecule has 0 fully saturated rings. The second-order valence-electron chi connectivity index (χ2n) is 4.71. The summed E-state index contributed by atoms with van der Waals surface area (Å²) in [5.41, 5.74) is 1.22. The van der Waals surface area contributed by atoms with E-state index in [-0.39, 0.29) is 18.0 Å². The van der Waals surface area contributed by atoms with E-state index in [9.17, 15) is 9.18 Å². The van der Waals surface area contributed by atoms with Gasteiger partial charge in [0.1, 0.15) is 17.1 Å². The molecule has 0 aliphatic heterocycles. The van der Waals surface area contributed by atoms with Gasteiger partial charge in [-0.05, 0) is 30.7 Å². The molecule has 0 bridgehead atoms. The van der Waals surface area contributed by atoms with Gasteiger partial charge in [-0.2, -0.15) is 0 Å². The van der Waals surface area contributed by atoms with E-state index < -0.39 is 5.82 Å². The number of hydrogen-bond donors (Lipinski definition) is 1. The third-order valence-corrected chi connectivity index (χ3v) is 4.00. The number of benzene rings is 2. The van der Waals surface area contributed by atoms with Crippen LogP contribution in [0.3, 0.4) is 0 Å². The second kappa shape index (κ2) is 6.11. The molecule has 1 aromatic heterocycles. The molecule has 3 aromatic rings. The number of aromatic nitrogens is 1. The highest BCUT2D eigenvalue weighted by Crippen LogP contribution is 2.27. The topological polar surface area (TPSA) is 51.2 Å². The highest BCUT2D eigenvalue weighted by molar-refractivity contribution is 7.22. The quantitative estimate of drug-likeness (QED) is 0.797. The number of amides is 1. The predicted molar refractivity (Wildman–Crippen MR) is 84.9 cm³/mol. The van der Waals surface area contributed by atoms with Crippen molar-refractivity contribution >= 4 is 32.6 Å². The van der Waals surface area contributed by atoms with Gasteiger partial charge in [-0.3, -0.25) is 10.1 Å². The molecular weight excluding hydrogens is 303 g/mol. The fraction of sp³-hybridized carbons (Fsp3) is 0.125. The van der Waals surface area contributed by atoms with Crippen molar-refractivity contribution in [2.24, 2.45) is 0 Å². The van der Waals surface area contributed by atoms with E-state index >= 15 is 0 Å². The van der Waals surface area contributed by atoms with Crippen molar-refractivity contribution in [2.45, 2.75) is 6.92 Å². The number of fused-ring (bicyclic) bond motifs is 1. The first-order valence-electron chi connectivity index (χ1n) is 6.67. The zero-order chi connectivity index (χ0) is 15.5. The molecule has 6 heteroatoms. The summed E-state index contributed by atoms with van der Waals surface area (Å²) >= 11 is 1.23. The molecule has 1 heterocycles. The summed E-state index contributed by atoms with van der Waals surface area (Å²) in [6.45, 7) is 1.78. The Morgan fingerprint density at radius 2 is 2.09 bits per heavy atom. The van der Waals surface area contributed by atoms with Crippen LogP contribution in [0.2, 0.25) is 0 Å². The number of carbonyl (C=O) groups is 1. The highest BCUT2D eigenvalue weighted by Gasteiger charge is 2.11. The maximum absolute atomic E-state index is 13.6. The van der Waals surface area contributed by atoms with Gasteiger partial charge in [-0.1, -0.05) is 35.6 Å². The smallest absolute Gasteiger partial charge is 0.264 e. The second-order valence-corrected chi connectivity index (χ2v) is 5.74. The zero-order valence-corrected chi connectivity index (χ0v) is 12.6. The van der Waals surface area contributed by atoms with Crippen molar-refractivity contribution < 1.29 is 13.9 Å². The SMILES string of the molecule is Cc1ccccc1OCC(=O)Nc1nc2c(F)cccc2s1. The maximum atomic E-state index is 13.6. The number of carbonyl (C=O) groups excluding carboxylic acids is 1. The lowest BCUT2D eigenvalue weighted by Gasteiger charge is -2.07. The van der Waals surface area contributed by atoms with Crippen LogP contribution in [0.5, 0.6) is 5.75 Å². The lowest BCUT2D eigenvalue weighted by atomic mass is 10.2. The van der Waals surface area contributed by atoms with Gasteiger partial charge in [-0.15, -0.1) is 0 Å². The van der Waals surface area contributed by atoms with Crippen LogP contribution in [-0.2, 0) is 4.79 Å². The van der Waals surface area contributed by atoms with Crippen molar-refractivity contribution in [3.63, 3.8) is 0 Å². The average Bonchev–Trinajstić information content (AvgIpc) is 2.90. The number of thiazole rings is 1. The number of nitrogens with zero attached hydrogens (tertiary/aromatic N) is 1. The van der Waals surface area contributed by atoms with Crippen molar-refractivity contribution in [3.05, 3.63) is 53.8 Å². The lowest BCUT2D eigenvalue weighted by Crippen LogP contribution is -2.20. The molecule has 1 N–H and O–H groups in total. The van der Waals surface area contributed by atoms with E-state index in [0.29, 0.717) is 15.6 Å². The van der Waals surface area contributed by atoms with Crippen molar-refractivity contribution in [3.8, 4) is 5.75 Å². The Kier molecular flexibility index (Phi) is 4.02. The molecular formula is C16H13FN2O2S. The summed E-state index contributed by atoms with van der Waals surface area (Å²) in [5.74, 6) is -0.0684. The monoisotopic (exact) mass is 316 g/mol. The van der Waals surface area contributed by atoms with Gasteiger partial charge in [0.05, 0.1) is 4.70 Å². The van der Waals surface area contributed by atoms with Crippen molar-refractivity contribution in [2.75, 3.05) is 11.9 Å². The molecule has 112 valence electrons. The minimum Gasteiger partial charge on any atom is -0.483 e. The molecule has 3 rings (SSSR count). The largest absolute Gasteiger partial charge is 0.483 e. The molecule has 0 aliphatic rings. The van der Waals surface area contributed by atoms with E-state index in [0.717, 1.165) is 5.56 Å². The number of aryl methyl sites for hydroxylation is 1. The third-order valence-electron chi connectivity index (χ3n) is 3.07. The van der Waals surface area contributed by atoms with Gasteiger partial charge >= 0.3 is 0 Å². The standard InChI is InChI=1S/C16H13FN2O2S/c1-10-5-2-3-7-12(10)21-9-14(20)18-16-19-15-11(17)6-4-8-13(15)22-16/h2-8H,9H2,1H3,(H,18,19,20). The summed E-state index contributed by atoms with van der Waals surface area (Å²) in [6, 6.07) is 12.2. The van der Waals surface area contributed by atoms with Crippen LogP contribution in [0.15, 0.2) is 42.5 Å². The molecule has 0 saturated carbocycles. The molecule has 0 radical (unpaired) electrons. The average molecular weight is 316 g/mol. The number of ether oxygens (including phenoxy) is 1. The van der Waals surface area contributed by atoms with Crippen LogP contribution in [0.4, 0.5) is 9.52 Å². The molecule has 2 aromatic carbocycles. The zero-order valence-electron chi connectivity index (χ0n) is 11.8. The van der Waals surface area contributed by atoms with Crippen molar-refractivity contribution in [1.29, 1.82) is 0 Å². The summed E-state index contributed by atoms with van der Waals surface area (Å²) in [5, 5.41) is 2.98. The van der Waals surface area contributed by atoms with Crippen LogP contribution in [0, 0.1) is 12.7 Å². The Bertz CT molecular complexity index is 832. The van der Waals surface area contributed by atoms with Gasteiger partial charge in [0.15, 0.2) is 11.7 Å². The normalized spacial score (nSPS) is 10.6. The first-order chi connectivity index (χ1) is 10.6. The van der Waals surface area contributed by atoms with Gasteiger partial charge in [0.25, 0.3) is 5.91 Å². The van der Waals surface area contributed by atoms with E-state index in [4.69, 9.17) is 4.74 Å². The molecule has 1 amide bonds. The van der Waals surface area contributed by atoms with Gasteiger partial charge in [0.2, 0.25) is 0 Å².